The van der Waals surface area contributed by atoms with E-state index in [1.54, 1.807) is 48.0 Å². The number of aryl methyl sites for hydroxylation is 4. The zero-order valence-corrected chi connectivity index (χ0v) is 20.1. The van der Waals surface area contributed by atoms with Crippen molar-refractivity contribution in [2.75, 3.05) is 4.72 Å². The second-order valence-corrected chi connectivity index (χ2v) is 9.68. The highest BCUT2D eigenvalue weighted by Gasteiger charge is 2.16. The predicted molar refractivity (Wildman–Crippen MR) is 127 cm³/mol. The molecule has 4 aromatic rings. The summed E-state index contributed by atoms with van der Waals surface area (Å²) in [5.41, 5.74) is 3.03. The van der Waals surface area contributed by atoms with E-state index in [2.05, 4.69) is 19.8 Å². The van der Waals surface area contributed by atoms with E-state index in [0.29, 0.717) is 34.0 Å². The zero-order chi connectivity index (χ0) is 23.8. The molecule has 8 nitrogen and oxygen atoms in total. The maximum Gasteiger partial charge on any atom is 0.261 e. The van der Waals surface area contributed by atoms with Crippen LogP contribution in [0.4, 0.5) is 5.69 Å². The normalized spacial score (nSPS) is 11.4. The summed E-state index contributed by atoms with van der Waals surface area (Å²) in [6.07, 6.45) is 0. The van der Waals surface area contributed by atoms with Crippen LogP contribution in [0, 0.1) is 27.7 Å². The smallest absolute Gasteiger partial charge is 0.261 e. The van der Waals surface area contributed by atoms with Crippen molar-refractivity contribution in [3.63, 3.8) is 0 Å². The number of ether oxygens (including phenoxy) is 1. The van der Waals surface area contributed by atoms with Gasteiger partial charge in [-0.15, -0.1) is 0 Å². The molecule has 2 aromatic heterocycles. The third-order valence-corrected chi connectivity index (χ3v) is 6.60. The monoisotopic (exact) mass is 483 g/mol. The minimum absolute atomic E-state index is 0.0894. The van der Waals surface area contributed by atoms with Crippen LogP contribution in [0.1, 0.15) is 22.8 Å². The molecular weight excluding hydrogens is 462 g/mol. The van der Waals surface area contributed by atoms with E-state index in [1.807, 2.05) is 26.8 Å². The molecule has 0 radical (unpaired) electrons. The highest BCUT2D eigenvalue weighted by atomic mass is 35.5. The number of rotatable bonds is 6. The highest BCUT2D eigenvalue weighted by Crippen LogP contribution is 2.26. The third kappa shape index (κ3) is 5.15. The fourth-order valence-electron chi connectivity index (χ4n) is 3.21. The summed E-state index contributed by atoms with van der Waals surface area (Å²) in [7, 11) is -3.77. The Balaban J connectivity index is 1.52. The van der Waals surface area contributed by atoms with Crippen LogP contribution >= 0.6 is 11.6 Å². The lowest BCUT2D eigenvalue weighted by Crippen LogP contribution is -2.13. The van der Waals surface area contributed by atoms with Crippen LogP contribution in [0.2, 0.25) is 5.02 Å². The summed E-state index contributed by atoms with van der Waals surface area (Å²) in [4.78, 5) is 8.86. The molecule has 4 rings (SSSR count). The first kappa shape index (κ1) is 22.8. The summed E-state index contributed by atoms with van der Waals surface area (Å²) < 4.78 is 35.5. The molecule has 0 unspecified atom stereocenters. The number of halogens is 1. The quantitative estimate of drug-likeness (QED) is 0.407. The van der Waals surface area contributed by atoms with Crippen molar-refractivity contribution in [2.45, 2.75) is 32.6 Å². The summed E-state index contributed by atoms with van der Waals surface area (Å²) in [5.74, 6) is 1.99. The molecule has 0 aliphatic heterocycles. The molecule has 0 amide bonds. The van der Waals surface area contributed by atoms with Gasteiger partial charge < -0.3 is 4.74 Å². The summed E-state index contributed by atoms with van der Waals surface area (Å²) in [6.45, 7) is 7.45. The lowest BCUT2D eigenvalue weighted by Gasteiger charge is -2.11. The number of aromatic nitrogens is 4. The van der Waals surface area contributed by atoms with E-state index in [1.165, 1.54) is 12.1 Å². The van der Waals surface area contributed by atoms with Crippen molar-refractivity contribution in [3.05, 3.63) is 82.4 Å². The third-order valence-electron chi connectivity index (χ3n) is 4.81. The molecular formula is C23H22ClN5O3S. The molecule has 0 bridgehead atoms. The Morgan fingerprint density at radius 3 is 2.30 bits per heavy atom. The second kappa shape index (κ2) is 8.84. The van der Waals surface area contributed by atoms with Crippen LogP contribution < -0.4 is 9.46 Å². The van der Waals surface area contributed by atoms with Crippen LogP contribution in [-0.2, 0) is 10.0 Å². The lowest BCUT2D eigenvalue weighted by atomic mass is 10.2. The highest BCUT2D eigenvalue weighted by molar-refractivity contribution is 7.92. The van der Waals surface area contributed by atoms with Crippen LogP contribution in [0.25, 0.3) is 5.82 Å². The van der Waals surface area contributed by atoms with Crippen molar-refractivity contribution in [1.82, 2.24) is 19.7 Å². The van der Waals surface area contributed by atoms with Gasteiger partial charge in [0.05, 0.1) is 10.6 Å². The molecule has 0 aliphatic carbocycles. The van der Waals surface area contributed by atoms with Crippen molar-refractivity contribution in [3.8, 4) is 17.4 Å². The molecule has 0 saturated heterocycles. The van der Waals surface area contributed by atoms with Gasteiger partial charge in [0, 0.05) is 22.5 Å². The van der Waals surface area contributed by atoms with Crippen LogP contribution in [0.3, 0.4) is 0 Å². The molecule has 0 fully saturated rings. The topological polar surface area (TPSA) is 99.0 Å². The molecule has 2 aromatic carbocycles. The molecule has 0 saturated carbocycles. The van der Waals surface area contributed by atoms with Crippen molar-refractivity contribution in [2.24, 2.45) is 0 Å². The van der Waals surface area contributed by atoms with Crippen LogP contribution in [0.5, 0.6) is 11.6 Å². The van der Waals surface area contributed by atoms with Gasteiger partial charge in [-0.05, 0) is 75.7 Å². The Morgan fingerprint density at radius 2 is 1.67 bits per heavy atom. The van der Waals surface area contributed by atoms with Gasteiger partial charge in [-0.2, -0.15) is 10.1 Å². The second-order valence-electron chi connectivity index (χ2n) is 7.59. The van der Waals surface area contributed by atoms with Gasteiger partial charge in [0.1, 0.15) is 11.6 Å². The molecule has 2 heterocycles. The minimum atomic E-state index is -3.77. The first-order valence-electron chi connectivity index (χ1n) is 10.1. The fraction of sp³-hybridized carbons (Fsp3) is 0.174. The van der Waals surface area contributed by atoms with Crippen molar-refractivity contribution < 1.29 is 13.2 Å². The molecule has 33 heavy (non-hydrogen) atoms. The molecule has 0 atom stereocenters. The summed E-state index contributed by atoms with van der Waals surface area (Å²) in [5, 5.41) is 4.84. The number of nitrogens with one attached hydrogen (secondary N) is 1. The van der Waals surface area contributed by atoms with E-state index in [-0.39, 0.29) is 4.90 Å². The van der Waals surface area contributed by atoms with Crippen LogP contribution in [0.15, 0.2) is 59.5 Å². The largest absolute Gasteiger partial charge is 0.439 e. The van der Waals surface area contributed by atoms with Gasteiger partial charge in [0.25, 0.3) is 10.0 Å². The predicted octanol–water partition coefficient (Wildman–Crippen LogP) is 5.14. The first-order valence-corrected chi connectivity index (χ1v) is 11.9. The maximum absolute atomic E-state index is 12.7. The van der Waals surface area contributed by atoms with Gasteiger partial charge in [-0.1, -0.05) is 17.7 Å². The minimum Gasteiger partial charge on any atom is -0.439 e. The van der Waals surface area contributed by atoms with E-state index in [9.17, 15) is 8.42 Å². The molecule has 1 N–H and O–H groups in total. The molecule has 170 valence electrons. The van der Waals surface area contributed by atoms with Gasteiger partial charge in [0.2, 0.25) is 5.88 Å². The first-order chi connectivity index (χ1) is 15.6. The standard InChI is InChI=1S/C23H22ClN5O3S/c1-14-5-10-20(12-21(14)24)33(30,31)28-18-6-8-19(9-7-18)32-23-13-22(25-17(4)26-23)29-16(3)11-15(2)27-29/h5-13,28H,1-4H3. The maximum atomic E-state index is 12.7. The number of nitrogens with zero attached hydrogens (tertiary/aromatic N) is 4. The number of hydrogen-bond donors (Lipinski definition) is 1. The van der Waals surface area contributed by atoms with Crippen molar-refractivity contribution in [1.29, 1.82) is 0 Å². The molecule has 10 heteroatoms. The number of hydrogen-bond acceptors (Lipinski definition) is 6. The Labute approximate surface area is 197 Å². The van der Waals surface area contributed by atoms with Gasteiger partial charge in [-0.3, -0.25) is 4.72 Å². The average Bonchev–Trinajstić information content (AvgIpc) is 3.09. The number of benzene rings is 2. The van der Waals surface area contributed by atoms with Gasteiger partial charge in [-0.25, -0.2) is 18.1 Å². The Hall–Kier alpha value is -3.43. The van der Waals surface area contributed by atoms with E-state index in [4.69, 9.17) is 16.3 Å². The Kier molecular flexibility index (Phi) is 6.09. The number of sulfonamides is 1. The number of anilines is 1. The molecule has 0 aliphatic rings. The van der Waals surface area contributed by atoms with Crippen LogP contribution in [-0.4, -0.2) is 28.2 Å². The summed E-state index contributed by atoms with van der Waals surface area (Å²) in [6, 6.07) is 14.8. The molecule has 0 spiro atoms. The van der Waals surface area contributed by atoms with E-state index >= 15 is 0 Å². The van der Waals surface area contributed by atoms with Gasteiger partial charge >= 0.3 is 0 Å². The Bertz CT molecular complexity index is 1430. The SMILES string of the molecule is Cc1cc(C)n(-c2cc(Oc3ccc(NS(=O)(=O)c4ccc(C)c(Cl)c4)cc3)nc(C)n2)n1. The van der Waals surface area contributed by atoms with E-state index in [0.717, 1.165) is 17.0 Å². The lowest BCUT2D eigenvalue weighted by molar-refractivity contribution is 0.459. The fourth-order valence-corrected chi connectivity index (χ4v) is 4.54. The van der Waals surface area contributed by atoms with Gasteiger partial charge in [0.15, 0.2) is 5.82 Å². The summed E-state index contributed by atoms with van der Waals surface area (Å²) >= 11 is 6.07. The van der Waals surface area contributed by atoms with E-state index < -0.39 is 10.0 Å². The average molecular weight is 484 g/mol. The van der Waals surface area contributed by atoms with Crippen molar-refractivity contribution >= 4 is 27.3 Å². The zero-order valence-electron chi connectivity index (χ0n) is 18.5. The Morgan fingerprint density at radius 1 is 0.939 bits per heavy atom.